The second-order valence-corrected chi connectivity index (χ2v) is 13.0. The van der Waals surface area contributed by atoms with Gasteiger partial charge in [-0.15, -0.1) is 0 Å². The van der Waals surface area contributed by atoms with Gasteiger partial charge in [-0.2, -0.15) is 0 Å². The maximum Gasteiger partial charge on any atom is 0.0733 e. The molecule has 3 atom stereocenters. The zero-order chi connectivity index (χ0) is 33.4. The fraction of sp³-hybridized carbons (Fsp3) is 0.114. The largest absolute Gasteiger partial charge is 0.405 e. The van der Waals surface area contributed by atoms with Crippen LogP contribution in [0.3, 0.4) is 0 Å². The van der Waals surface area contributed by atoms with Gasteiger partial charge in [0.15, 0.2) is 0 Å². The molecule has 0 spiro atoms. The summed E-state index contributed by atoms with van der Waals surface area (Å²) in [6, 6.07) is 31.0. The molecule has 4 N–H and O–H groups in total. The maximum absolute atomic E-state index is 5.62. The summed E-state index contributed by atoms with van der Waals surface area (Å²) in [4.78, 5) is 7.25. The summed E-state index contributed by atoms with van der Waals surface area (Å²) in [7, 11) is 0. The van der Waals surface area contributed by atoms with Crippen molar-refractivity contribution < 1.29 is 0 Å². The lowest BCUT2D eigenvalue weighted by Gasteiger charge is -2.29. The normalized spacial score (nSPS) is 20.4. The number of hydrogen-bond donors (Lipinski definition) is 3. The predicted molar refractivity (Wildman–Crippen MR) is 208 cm³/mol. The van der Waals surface area contributed by atoms with Gasteiger partial charge < -0.3 is 25.8 Å². The SMILES string of the molecule is N/C=C\C=C/CC1C=C(c2cccc(N3c4cccnc4C4C=CC=CC43)c2)C=C(c2cccc(-n3c4c(c5ccccc53)NCC=C4)c2)N1. The van der Waals surface area contributed by atoms with E-state index in [0.717, 1.165) is 41.3 Å². The van der Waals surface area contributed by atoms with Gasteiger partial charge in [-0.1, -0.05) is 91.1 Å². The first-order valence-corrected chi connectivity index (χ1v) is 17.3. The molecular formula is C44H38N6. The van der Waals surface area contributed by atoms with Crippen LogP contribution in [0, 0.1) is 0 Å². The van der Waals surface area contributed by atoms with Crippen molar-refractivity contribution >= 4 is 45.3 Å². The number of para-hydroxylation sites is 1. The first-order chi connectivity index (χ1) is 24.8. The third kappa shape index (κ3) is 5.17. The van der Waals surface area contributed by atoms with Crippen molar-refractivity contribution in [2.75, 3.05) is 16.8 Å². The topological polar surface area (TPSA) is 71.1 Å². The highest BCUT2D eigenvalue weighted by Gasteiger charge is 2.38. The second kappa shape index (κ2) is 12.6. The fourth-order valence-corrected chi connectivity index (χ4v) is 7.84. The summed E-state index contributed by atoms with van der Waals surface area (Å²) in [5, 5.41) is 8.69. The van der Waals surface area contributed by atoms with Gasteiger partial charge in [0.2, 0.25) is 0 Å². The molecule has 0 radical (unpaired) electrons. The first kappa shape index (κ1) is 29.8. The number of nitrogens with zero attached hydrogens (tertiary/aromatic N) is 3. The summed E-state index contributed by atoms with van der Waals surface area (Å²) in [6.07, 6.45) is 28.3. The molecule has 3 aliphatic heterocycles. The molecule has 50 heavy (non-hydrogen) atoms. The van der Waals surface area contributed by atoms with Crippen LogP contribution < -0.4 is 21.3 Å². The Morgan fingerprint density at radius 1 is 0.880 bits per heavy atom. The Morgan fingerprint density at radius 3 is 2.68 bits per heavy atom. The standard InChI is InChI=1S/C44H38N6/c45-23-7-1-2-14-33-26-32(30-12-8-15-34(27-30)49-39-19-5-3-17-36(39)43-41(49)21-10-24-46-43)29-38(48-33)31-13-9-16-35(28-31)50-40-20-6-4-18-37(40)44-42(50)22-11-25-47-44/h1-13,15-24,26-29,33,36,39,47-48H,14,25,45H2/b2-1-,23-7-. The first-order valence-electron chi connectivity index (χ1n) is 17.3. The average Bonchev–Trinajstić information content (AvgIpc) is 3.70. The molecule has 0 amide bonds. The molecule has 3 unspecified atom stereocenters. The minimum absolute atomic E-state index is 0.0968. The lowest BCUT2D eigenvalue weighted by atomic mass is 9.93. The quantitative estimate of drug-likeness (QED) is 0.153. The molecule has 0 bridgehead atoms. The van der Waals surface area contributed by atoms with Crippen LogP contribution in [-0.2, 0) is 0 Å². The Hall–Kier alpha value is -6.27. The molecule has 5 aromatic rings. The average molecular weight is 651 g/mol. The highest BCUT2D eigenvalue weighted by molar-refractivity contribution is 6.00. The Labute approximate surface area is 292 Å². The molecule has 6 nitrogen and oxygen atoms in total. The van der Waals surface area contributed by atoms with Gasteiger partial charge in [-0.3, -0.25) is 4.98 Å². The summed E-state index contributed by atoms with van der Waals surface area (Å²) >= 11 is 0. The number of anilines is 3. The van der Waals surface area contributed by atoms with E-state index < -0.39 is 0 Å². The van der Waals surface area contributed by atoms with E-state index in [-0.39, 0.29) is 18.0 Å². The summed E-state index contributed by atoms with van der Waals surface area (Å²) in [5.74, 6) is 0.241. The van der Waals surface area contributed by atoms with Crippen molar-refractivity contribution in [3.8, 4) is 5.69 Å². The molecular weight excluding hydrogens is 613 g/mol. The van der Waals surface area contributed by atoms with Gasteiger partial charge in [0, 0.05) is 47.2 Å². The minimum atomic E-state index is 0.0968. The molecule has 5 heterocycles. The number of pyridine rings is 1. The number of rotatable bonds is 7. The molecule has 244 valence electrons. The van der Waals surface area contributed by atoms with E-state index in [1.165, 1.54) is 39.1 Å². The third-order valence-corrected chi connectivity index (χ3v) is 10.0. The zero-order valence-electron chi connectivity index (χ0n) is 27.7. The van der Waals surface area contributed by atoms with Crippen LogP contribution in [0.2, 0.25) is 0 Å². The van der Waals surface area contributed by atoms with Gasteiger partial charge >= 0.3 is 0 Å². The summed E-state index contributed by atoms with van der Waals surface area (Å²) in [5.41, 5.74) is 18.4. The van der Waals surface area contributed by atoms with Crippen molar-refractivity contribution in [2.24, 2.45) is 5.73 Å². The van der Waals surface area contributed by atoms with Gasteiger partial charge in [0.25, 0.3) is 0 Å². The van der Waals surface area contributed by atoms with Crippen LogP contribution >= 0.6 is 0 Å². The van der Waals surface area contributed by atoms with Crippen molar-refractivity contribution in [3.05, 3.63) is 181 Å². The van der Waals surface area contributed by atoms with Crippen LogP contribution in [0.1, 0.15) is 34.9 Å². The number of hydrogen-bond acceptors (Lipinski definition) is 5. The van der Waals surface area contributed by atoms with Crippen molar-refractivity contribution in [1.82, 2.24) is 14.9 Å². The van der Waals surface area contributed by atoms with Crippen LogP contribution in [0.15, 0.2) is 158 Å². The monoisotopic (exact) mass is 650 g/mol. The van der Waals surface area contributed by atoms with Crippen LogP contribution in [0.5, 0.6) is 0 Å². The van der Waals surface area contributed by atoms with Crippen LogP contribution in [0.4, 0.5) is 17.1 Å². The van der Waals surface area contributed by atoms with Gasteiger partial charge in [0.05, 0.1) is 34.3 Å². The molecule has 1 aliphatic carbocycles. The maximum atomic E-state index is 5.62. The Bertz CT molecular complexity index is 2330. The molecule has 4 aliphatic rings. The van der Waals surface area contributed by atoms with E-state index in [1.807, 2.05) is 24.4 Å². The summed E-state index contributed by atoms with van der Waals surface area (Å²) < 4.78 is 2.37. The summed E-state index contributed by atoms with van der Waals surface area (Å²) in [6.45, 7) is 0.835. The molecule has 3 aromatic carbocycles. The van der Waals surface area contributed by atoms with Gasteiger partial charge in [-0.05, 0) is 90.0 Å². The molecule has 0 saturated carbocycles. The third-order valence-electron chi connectivity index (χ3n) is 10.0. The number of benzene rings is 3. The molecule has 0 saturated heterocycles. The number of aromatic nitrogens is 2. The zero-order valence-corrected chi connectivity index (χ0v) is 27.7. The number of dihydropyridines is 1. The Morgan fingerprint density at radius 2 is 1.74 bits per heavy atom. The number of allylic oxidation sites excluding steroid dienone is 6. The minimum Gasteiger partial charge on any atom is -0.405 e. The number of fused-ring (bicyclic) bond motifs is 6. The highest BCUT2D eigenvalue weighted by Crippen LogP contribution is 2.47. The smallest absolute Gasteiger partial charge is 0.0733 e. The molecule has 6 heteroatoms. The highest BCUT2D eigenvalue weighted by atomic mass is 15.2. The molecule has 9 rings (SSSR count). The number of nitrogens with two attached hydrogens (primary N) is 1. The van der Waals surface area contributed by atoms with E-state index in [1.54, 1.807) is 6.20 Å². The molecule has 0 fully saturated rings. The number of nitrogens with one attached hydrogen (secondary N) is 2. The van der Waals surface area contributed by atoms with E-state index >= 15 is 0 Å². The second-order valence-electron chi connectivity index (χ2n) is 13.0. The van der Waals surface area contributed by atoms with E-state index in [2.05, 4.69) is 154 Å². The van der Waals surface area contributed by atoms with Crippen molar-refractivity contribution in [3.63, 3.8) is 0 Å². The van der Waals surface area contributed by atoms with E-state index in [9.17, 15) is 0 Å². The fourth-order valence-electron chi connectivity index (χ4n) is 7.84. The molecule has 2 aromatic heterocycles. The predicted octanol–water partition coefficient (Wildman–Crippen LogP) is 9.01. The van der Waals surface area contributed by atoms with E-state index in [4.69, 9.17) is 10.7 Å². The van der Waals surface area contributed by atoms with Crippen LogP contribution in [-0.4, -0.2) is 28.2 Å². The lowest BCUT2D eigenvalue weighted by molar-refractivity contribution is 0.720. The van der Waals surface area contributed by atoms with Gasteiger partial charge in [-0.25, -0.2) is 0 Å². The Balaban J connectivity index is 1.12. The van der Waals surface area contributed by atoms with E-state index in [0.29, 0.717) is 0 Å². The van der Waals surface area contributed by atoms with Gasteiger partial charge in [0.1, 0.15) is 0 Å². The van der Waals surface area contributed by atoms with Crippen molar-refractivity contribution in [2.45, 2.75) is 24.4 Å². The van der Waals surface area contributed by atoms with Crippen molar-refractivity contribution in [1.29, 1.82) is 0 Å². The lowest BCUT2D eigenvalue weighted by Crippen LogP contribution is -2.29. The van der Waals surface area contributed by atoms with Crippen LogP contribution in [0.25, 0.3) is 33.9 Å². The Kier molecular flexibility index (Phi) is 7.54.